The second-order valence-electron chi connectivity index (χ2n) is 6.31. The predicted molar refractivity (Wildman–Crippen MR) is 82.6 cm³/mol. The van der Waals surface area contributed by atoms with Gasteiger partial charge in [0.05, 0.1) is 11.4 Å². The maximum atomic E-state index is 12.5. The summed E-state index contributed by atoms with van der Waals surface area (Å²) in [6.07, 6.45) is 3.82. The van der Waals surface area contributed by atoms with E-state index >= 15 is 0 Å². The van der Waals surface area contributed by atoms with Crippen molar-refractivity contribution in [2.75, 3.05) is 26.2 Å². The van der Waals surface area contributed by atoms with E-state index in [0.717, 1.165) is 38.2 Å². The molecule has 1 atom stereocenters. The Kier molecular flexibility index (Phi) is 4.09. The van der Waals surface area contributed by atoms with Gasteiger partial charge in [-0.15, -0.1) is 0 Å². The summed E-state index contributed by atoms with van der Waals surface area (Å²) < 4.78 is 0. The molecule has 0 aromatic heterocycles. The smallest absolute Gasteiger partial charge is 0.227 e. The molecule has 0 saturated carbocycles. The van der Waals surface area contributed by atoms with E-state index < -0.39 is 0 Å². The fourth-order valence-corrected chi connectivity index (χ4v) is 3.71. The third-order valence-corrected chi connectivity index (χ3v) is 5.02. The SMILES string of the molecule is O=C(Cc1ccc(O)c(Cl)c1)N1CCC[C@@]2(CCNC2)C1. The van der Waals surface area contributed by atoms with Crippen LogP contribution in [0.5, 0.6) is 5.75 Å². The van der Waals surface area contributed by atoms with Gasteiger partial charge in [0, 0.05) is 25.0 Å². The topological polar surface area (TPSA) is 52.6 Å². The fourth-order valence-electron chi connectivity index (χ4n) is 3.51. The summed E-state index contributed by atoms with van der Waals surface area (Å²) in [6, 6.07) is 4.98. The number of piperidine rings is 1. The molecule has 2 fully saturated rings. The first kappa shape index (κ1) is 14.7. The number of rotatable bonds is 2. The number of amides is 1. The lowest BCUT2D eigenvalue weighted by Gasteiger charge is -2.40. The van der Waals surface area contributed by atoms with Crippen LogP contribution in [0.4, 0.5) is 0 Å². The van der Waals surface area contributed by atoms with E-state index in [1.54, 1.807) is 18.2 Å². The highest BCUT2D eigenvalue weighted by Crippen LogP contribution is 2.35. The van der Waals surface area contributed by atoms with Crippen molar-refractivity contribution >= 4 is 17.5 Å². The number of halogens is 1. The van der Waals surface area contributed by atoms with E-state index in [1.165, 1.54) is 12.8 Å². The van der Waals surface area contributed by atoms with Crippen molar-refractivity contribution in [3.63, 3.8) is 0 Å². The third-order valence-electron chi connectivity index (χ3n) is 4.71. The van der Waals surface area contributed by atoms with Gasteiger partial charge in [0.25, 0.3) is 0 Å². The van der Waals surface area contributed by atoms with Crippen LogP contribution in [0.1, 0.15) is 24.8 Å². The summed E-state index contributed by atoms with van der Waals surface area (Å²) in [5, 5.41) is 13.2. The number of phenolic OH excluding ortho intramolecular Hbond substituents is 1. The summed E-state index contributed by atoms with van der Waals surface area (Å²) >= 11 is 5.90. The molecule has 5 heteroatoms. The van der Waals surface area contributed by atoms with Gasteiger partial charge in [-0.25, -0.2) is 0 Å². The summed E-state index contributed by atoms with van der Waals surface area (Å²) in [5.74, 6) is 0.213. The Morgan fingerprint density at radius 1 is 1.43 bits per heavy atom. The van der Waals surface area contributed by atoms with Gasteiger partial charge < -0.3 is 15.3 Å². The summed E-state index contributed by atoms with van der Waals surface area (Å²) in [6.45, 7) is 3.81. The Morgan fingerprint density at radius 3 is 3.00 bits per heavy atom. The number of nitrogens with one attached hydrogen (secondary N) is 1. The largest absolute Gasteiger partial charge is 0.506 e. The highest BCUT2D eigenvalue weighted by Gasteiger charge is 2.39. The summed E-state index contributed by atoms with van der Waals surface area (Å²) in [5.41, 5.74) is 1.15. The Bertz CT molecular complexity index is 541. The second kappa shape index (κ2) is 5.85. The monoisotopic (exact) mass is 308 g/mol. The van der Waals surface area contributed by atoms with Crippen LogP contribution in [0.3, 0.4) is 0 Å². The zero-order valence-corrected chi connectivity index (χ0v) is 12.8. The number of benzene rings is 1. The maximum absolute atomic E-state index is 12.5. The number of carbonyl (C=O) groups excluding carboxylic acids is 1. The zero-order chi connectivity index (χ0) is 14.9. The van der Waals surface area contributed by atoms with Crippen LogP contribution < -0.4 is 5.32 Å². The molecule has 2 aliphatic heterocycles. The van der Waals surface area contributed by atoms with Gasteiger partial charge in [-0.1, -0.05) is 17.7 Å². The molecule has 0 bridgehead atoms. The molecule has 2 saturated heterocycles. The molecule has 21 heavy (non-hydrogen) atoms. The average molecular weight is 309 g/mol. The van der Waals surface area contributed by atoms with E-state index in [4.69, 9.17) is 11.6 Å². The number of phenols is 1. The third kappa shape index (κ3) is 3.16. The first-order valence-corrected chi connectivity index (χ1v) is 7.92. The Labute approximate surface area is 130 Å². The first-order valence-electron chi connectivity index (χ1n) is 7.54. The van der Waals surface area contributed by atoms with E-state index in [2.05, 4.69) is 5.32 Å². The van der Waals surface area contributed by atoms with Gasteiger partial charge in [-0.05, 0) is 43.5 Å². The van der Waals surface area contributed by atoms with Gasteiger partial charge in [-0.3, -0.25) is 4.79 Å². The molecular weight excluding hydrogens is 288 g/mol. The molecule has 0 aliphatic carbocycles. The molecule has 2 N–H and O–H groups in total. The lowest BCUT2D eigenvalue weighted by molar-refractivity contribution is -0.133. The minimum atomic E-state index is 0.0572. The second-order valence-corrected chi connectivity index (χ2v) is 6.72. The highest BCUT2D eigenvalue weighted by atomic mass is 35.5. The van der Waals surface area contributed by atoms with E-state index in [0.29, 0.717) is 16.9 Å². The van der Waals surface area contributed by atoms with Crippen molar-refractivity contribution in [1.82, 2.24) is 10.2 Å². The number of hydrogen-bond donors (Lipinski definition) is 2. The van der Waals surface area contributed by atoms with Crippen molar-refractivity contribution in [2.45, 2.75) is 25.7 Å². The highest BCUT2D eigenvalue weighted by molar-refractivity contribution is 6.32. The van der Waals surface area contributed by atoms with Gasteiger partial charge in [0.1, 0.15) is 5.75 Å². The minimum absolute atomic E-state index is 0.0572. The Hall–Kier alpha value is -1.26. The summed E-state index contributed by atoms with van der Waals surface area (Å²) in [7, 11) is 0. The van der Waals surface area contributed by atoms with E-state index in [-0.39, 0.29) is 11.7 Å². The Balaban J connectivity index is 1.65. The van der Waals surface area contributed by atoms with Crippen LogP contribution in [-0.4, -0.2) is 42.1 Å². The normalized spacial score (nSPS) is 25.5. The molecule has 114 valence electrons. The van der Waals surface area contributed by atoms with Crippen LogP contribution in [0, 0.1) is 5.41 Å². The number of nitrogens with zero attached hydrogens (tertiary/aromatic N) is 1. The van der Waals surface area contributed by atoms with Gasteiger partial charge >= 0.3 is 0 Å². The standard InChI is InChI=1S/C16H21ClN2O2/c17-13-8-12(2-3-14(13)20)9-15(21)19-7-1-4-16(11-19)5-6-18-10-16/h2-3,8,18,20H,1,4-7,9-11H2/t16-/m0/s1. The lowest BCUT2D eigenvalue weighted by atomic mass is 9.79. The molecule has 1 aromatic rings. The first-order chi connectivity index (χ1) is 10.1. The van der Waals surface area contributed by atoms with Crippen LogP contribution in [-0.2, 0) is 11.2 Å². The molecule has 1 amide bonds. The van der Waals surface area contributed by atoms with Crippen molar-refractivity contribution in [3.05, 3.63) is 28.8 Å². The van der Waals surface area contributed by atoms with Crippen molar-refractivity contribution in [1.29, 1.82) is 0 Å². The molecule has 1 spiro atoms. The summed E-state index contributed by atoms with van der Waals surface area (Å²) in [4.78, 5) is 14.5. The van der Waals surface area contributed by atoms with E-state index in [1.807, 2.05) is 4.90 Å². The molecular formula is C16H21ClN2O2. The van der Waals surface area contributed by atoms with Gasteiger partial charge in [0.2, 0.25) is 5.91 Å². The molecule has 0 unspecified atom stereocenters. The van der Waals surface area contributed by atoms with Gasteiger partial charge in [-0.2, -0.15) is 0 Å². The van der Waals surface area contributed by atoms with E-state index in [9.17, 15) is 9.90 Å². The van der Waals surface area contributed by atoms with Crippen LogP contribution in [0.2, 0.25) is 5.02 Å². The average Bonchev–Trinajstić information content (AvgIpc) is 2.91. The lowest BCUT2D eigenvalue weighted by Crippen LogP contribution is -2.47. The van der Waals surface area contributed by atoms with Crippen LogP contribution in [0.15, 0.2) is 18.2 Å². The predicted octanol–water partition coefficient (Wildman–Crippen LogP) is 2.19. The molecule has 4 nitrogen and oxygen atoms in total. The number of aromatic hydroxyl groups is 1. The zero-order valence-electron chi connectivity index (χ0n) is 12.1. The van der Waals surface area contributed by atoms with Crippen molar-refractivity contribution < 1.29 is 9.90 Å². The van der Waals surface area contributed by atoms with Crippen molar-refractivity contribution in [2.24, 2.45) is 5.41 Å². The molecule has 3 rings (SSSR count). The van der Waals surface area contributed by atoms with Gasteiger partial charge in [0.15, 0.2) is 0 Å². The molecule has 1 aromatic carbocycles. The fraction of sp³-hybridized carbons (Fsp3) is 0.562. The number of likely N-dealkylation sites (tertiary alicyclic amines) is 1. The molecule has 2 heterocycles. The quantitative estimate of drug-likeness (QED) is 0.880. The molecule has 0 radical (unpaired) electrons. The minimum Gasteiger partial charge on any atom is -0.506 e. The Morgan fingerprint density at radius 2 is 2.29 bits per heavy atom. The molecule has 2 aliphatic rings. The van der Waals surface area contributed by atoms with Crippen LogP contribution >= 0.6 is 11.6 Å². The van der Waals surface area contributed by atoms with Crippen LogP contribution in [0.25, 0.3) is 0 Å². The number of carbonyl (C=O) groups is 1. The van der Waals surface area contributed by atoms with Crippen molar-refractivity contribution in [3.8, 4) is 5.75 Å². The number of hydrogen-bond acceptors (Lipinski definition) is 3. The maximum Gasteiger partial charge on any atom is 0.227 e.